The van der Waals surface area contributed by atoms with Gasteiger partial charge < -0.3 is 20.4 Å². The van der Waals surface area contributed by atoms with E-state index < -0.39 is 0 Å². The number of rotatable bonds is 4. The molecule has 2 N–H and O–H groups in total. The molecule has 1 saturated carbocycles. The molecule has 1 aliphatic carbocycles. The van der Waals surface area contributed by atoms with Gasteiger partial charge in [0, 0.05) is 44.3 Å². The molecule has 0 unspecified atom stereocenters. The molecule has 3 fully saturated rings. The Hall–Kier alpha value is -2.31. The predicted molar refractivity (Wildman–Crippen MR) is 109 cm³/mol. The number of urea groups is 1. The number of amides is 3. The van der Waals surface area contributed by atoms with Crippen LogP contribution in [0.25, 0.3) is 0 Å². The van der Waals surface area contributed by atoms with E-state index in [1.54, 1.807) is 6.20 Å². The Morgan fingerprint density at radius 1 is 0.964 bits per heavy atom. The van der Waals surface area contributed by atoms with Gasteiger partial charge in [0.15, 0.2) is 5.82 Å². The van der Waals surface area contributed by atoms with Crippen LogP contribution in [0.15, 0.2) is 18.3 Å². The lowest BCUT2D eigenvalue weighted by atomic mass is 9.95. The fraction of sp³-hybridized carbons (Fsp3) is 0.667. The van der Waals surface area contributed by atoms with E-state index in [0.717, 1.165) is 76.2 Å². The number of carbonyl (C=O) groups excluding carboxylic acids is 2. The summed E-state index contributed by atoms with van der Waals surface area (Å²) in [6.45, 7) is 3.42. The summed E-state index contributed by atoms with van der Waals surface area (Å²) < 4.78 is 0. The average molecular weight is 386 g/mol. The van der Waals surface area contributed by atoms with Crippen molar-refractivity contribution in [2.24, 2.45) is 5.92 Å². The third kappa shape index (κ3) is 4.39. The summed E-state index contributed by atoms with van der Waals surface area (Å²) in [6, 6.07) is 3.88. The van der Waals surface area contributed by atoms with Crippen LogP contribution in [0, 0.1) is 5.92 Å². The SMILES string of the molecule is O=C(Nc1cccnc1N1CCC(C(=O)N2CCCC2)CC1)NC1CCCC1. The summed E-state index contributed by atoms with van der Waals surface area (Å²) in [7, 11) is 0. The lowest BCUT2D eigenvalue weighted by Gasteiger charge is -2.34. The maximum Gasteiger partial charge on any atom is 0.319 e. The molecule has 3 aliphatic rings. The molecule has 1 aromatic rings. The third-order valence-corrected chi connectivity index (χ3v) is 6.29. The molecule has 0 aromatic carbocycles. The Labute approximate surface area is 166 Å². The van der Waals surface area contributed by atoms with Crippen molar-refractivity contribution >= 4 is 23.4 Å². The van der Waals surface area contributed by atoms with E-state index in [9.17, 15) is 9.59 Å². The fourth-order valence-electron chi connectivity index (χ4n) is 4.69. The highest BCUT2D eigenvalue weighted by Crippen LogP contribution is 2.29. The van der Waals surface area contributed by atoms with Crippen LogP contribution in [0.1, 0.15) is 51.4 Å². The van der Waals surface area contributed by atoms with E-state index in [4.69, 9.17) is 0 Å². The second-order valence-corrected chi connectivity index (χ2v) is 8.25. The van der Waals surface area contributed by atoms with Gasteiger partial charge in [0.2, 0.25) is 5.91 Å². The van der Waals surface area contributed by atoms with Gasteiger partial charge in [-0.2, -0.15) is 0 Å². The van der Waals surface area contributed by atoms with Gasteiger partial charge in [0.1, 0.15) is 0 Å². The second-order valence-electron chi connectivity index (χ2n) is 8.25. The number of nitrogens with zero attached hydrogens (tertiary/aromatic N) is 3. The standard InChI is InChI=1S/C21H31N5O2/c27-20(26-12-3-4-13-26)16-9-14-25(15-10-16)19-18(8-5-11-22-19)24-21(28)23-17-6-1-2-7-17/h5,8,11,16-17H,1-4,6-7,9-10,12-15H2,(H2,23,24,28). The molecule has 1 aromatic heterocycles. The molecule has 2 saturated heterocycles. The summed E-state index contributed by atoms with van der Waals surface area (Å²) in [5.41, 5.74) is 0.738. The smallest absolute Gasteiger partial charge is 0.319 e. The maximum atomic E-state index is 12.6. The molecule has 0 spiro atoms. The Morgan fingerprint density at radius 2 is 1.68 bits per heavy atom. The molecule has 3 heterocycles. The minimum absolute atomic E-state index is 0.125. The molecule has 7 nitrogen and oxygen atoms in total. The number of anilines is 2. The van der Waals surface area contributed by atoms with Gasteiger partial charge in [-0.25, -0.2) is 9.78 Å². The number of nitrogens with one attached hydrogen (secondary N) is 2. The van der Waals surface area contributed by atoms with E-state index in [1.807, 2.05) is 17.0 Å². The van der Waals surface area contributed by atoms with Gasteiger partial charge in [-0.15, -0.1) is 0 Å². The van der Waals surface area contributed by atoms with Crippen LogP contribution < -0.4 is 15.5 Å². The zero-order chi connectivity index (χ0) is 19.3. The summed E-state index contributed by atoms with van der Waals surface area (Å²) in [6.07, 6.45) is 10.2. The van der Waals surface area contributed by atoms with Gasteiger partial charge in [0.25, 0.3) is 0 Å². The molecular formula is C21H31N5O2. The van der Waals surface area contributed by atoms with Crippen LogP contribution >= 0.6 is 0 Å². The lowest BCUT2D eigenvalue weighted by molar-refractivity contribution is -0.135. The van der Waals surface area contributed by atoms with E-state index in [-0.39, 0.29) is 18.0 Å². The summed E-state index contributed by atoms with van der Waals surface area (Å²) >= 11 is 0. The van der Waals surface area contributed by atoms with Crippen molar-refractivity contribution in [3.8, 4) is 0 Å². The first-order chi connectivity index (χ1) is 13.7. The highest BCUT2D eigenvalue weighted by atomic mass is 16.2. The van der Waals surface area contributed by atoms with E-state index in [1.165, 1.54) is 12.8 Å². The molecule has 152 valence electrons. The van der Waals surface area contributed by atoms with Crippen LogP contribution in [0.2, 0.25) is 0 Å². The molecular weight excluding hydrogens is 354 g/mol. The van der Waals surface area contributed by atoms with Crippen molar-refractivity contribution < 1.29 is 9.59 Å². The molecule has 28 heavy (non-hydrogen) atoms. The molecule has 7 heteroatoms. The van der Waals surface area contributed by atoms with Crippen molar-refractivity contribution in [3.05, 3.63) is 18.3 Å². The van der Waals surface area contributed by atoms with Crippen molar-refractivity contribution in [1.82, 2.24) is 15.2 Å². The number of carbonyl (C=O) groups is 2. The zero-order valence-electron chi connectivity index (χ0n) is 16.5. The highest BCUT2D eigenvalue weighted by molar-refractivity contribution is 5.92. The Kier molecular flexibility index (Phi) is 5.98. The first-order valence-corrected chi connectivity index (χ1v) is 10.8. The van der Waals surface area contributed by atoms with Crippen LogP contribution in [0.5, 0.6) is 0 Å². The normalized spacial score (nSPS) is 21.1. The molecule has 0 radical (unpaired) electrons. The molecule has 0 atom stereocenters. The average Bonchev–Trinajstić information content (AvgIpc) is 3.42. The Balaban J connectivity index is 1.34. The van der Waals surface area contributed by atoms with Crippen molar-refractivity contribution in [2.45, 2.75) is 57.4 Å². The Bertz CT molecular complexity index is 690. The van der Waals surface area contributed by atoms with Gasteiger partial charge in [-0.3, -0.25) is 4.79 Å². The number of aromatic nitrogens is 1. The zero-order valence-corrected chi connectivity index (χ0v) is 16.5. The second kappa shape index (κ2) is 8.80. The topological polar surface area (TPSA) is 77.6 Å². The number of hydrogen-bond acceptors (Lipinski definition) is 4. The summed E-state index contributed by atoms with van der Waals surface area (Å²) in [5.74, 6) is 1.25. The number of piperidine rings is 1. The van der Waals surface area contributed by atoms with Gasteiger partial charge >= 0.3 is 6.03 Å². The van der Waals surface area contributed by atoms with Crippen LogP contribution in [-0.2, 0) is 4.79 Å². The van der Waals surface area contributed by atoms with E-state index >= 15 is 0 Å². The van der Waals surface area contributed by atoms with Crippen LogP contribution in [-0.4, -0.2) is 54.0 Å². The first kappa shape index (κ1) is 19.0. The number of hydrogen-bond donors (Lipinski definition) is 2. The van der Waals surface area contributed by atoms with Crippen LogP contribution in [0.3, 0.4) is 0 Å². The monoisotopic (exact) mass is 385 g/mol. The predicted octanol–water partition coefficient (Wildman–Crippen LogP) is 2.98. The number of likely N-dealkylation sites (tertiary alicyclic amines) is 1. The minimum atomic E-state index is -0.153. The Morgan fingerprint density at radius 3 is 2.39 bits per heavy atom. The first-order valence-electron chi connectivity index (χ1n) is 10.8. The summed E-state index contributed by atoms with van der Waals surface area (Å²) in [4.78, 5) is 33.8. The number of pyridine rings is 1. The molecule has 2 aliphatic heterocycles. The van der Waals surface area contributed by atoms with Gasteiger partial charge in [-0.1, -0.05) is 12.8 Å². The van der Waals surface area contributed by atoms with Crippen LogP contribution in [0.4, 0.5) is 16.3 Å². The molecule has 4 rings (SSSR count). The van der Waals surface area contributed by atoms with Crippen molar-refractivity contribution in [1.29, 1.82) is 0 Å². The fourth-order valence-corrected chi connectivity index (χ4v) is 4.69. The van der Waals surface area contributed by atoms with Gasteiger partial charge in [-0.05, 0) is 50.7 Å². The largest absolute Gasteiger partial charge is 0.355 e. The van der Waals surface area contributed by atoms with E-state index in [2.05, 4.69) is 20.5 Å². The third-order valence-electron chi connectivity index (χ3n) is 6.29. The molecule has 0 bridgehead atoms. The lowest BCUT2D eigenvalue weighted by Crippen LogP contribution is -2.42. The van der Waals surface area contributed by atoms with E-state index in [0.29, 0.717) is 5.91 Å². The van der Waals surface area contributed by atoms with Crippen molar-refractivity contribution in [3.63, 3.8) is 0 Å². The van der Waals surface area contributed by atoms with Gasteiger partial charge in [0.05, 0.1) is 5.69 Å². The molecule has 3 amide bonds. The minimum Gasteiger partial charge on any atom is -0.355 e. The van der Waals surface area contributed by atoms with Crippen molar-refractivity contribution in [2.75, 3.05) is 36.4 Å². The highest BCUT2D eigenvalue weighted by Gasteiger charge is 2.31. The maximum absolute atomic E-state index is 12.6. The quantitative estimate of drug-likeness (QED) is 0.835. The summed E-state index contributed by atoms with van der Waals surface area (Å²) in [5, 5.41) is 6.05.